The Bertz CT molecular complexity index is 1460. The molecule has 0 saturated heterocycles. The van der Waals surface area contributed by atoms with Crippen LogP contribution in [0.5, 0.6) is 0 Å². The number of hydrogen-bond donors (Lipinski definition) is 1. The molecule has 0 fully saturated rings. The summed E-state index contributed by atoms with van der Waals surface area (Å²) >= 11 is 0. The lowest BCUT2D eigenvalue weighted by atomic mass is 10.1. The minimum absolute atomic E-state index is 0.0362. The van der Waals surface area contributed by atoms with Gasteiger partial charge in [0, 0.05) is 18.2 Å². The molecule has 3 rings (SSSR count). The van der Waals surface area contributed by atoms with Crippen molar-refractivity contribution in [3.63, 3.8) is 0 Å². The number of halogens is 1. The van der Waals surface area contributed by atoms with E-state index in [0.717, 1.165) is 15.4 Å². The van der Waals surface area contributed by atoms with Gasteiger partial charge in [-0.05, 0) is 70.9 Å². The van der Waals surface area contributed by atoms with Gasteiger partial charge in [0.2, 0.25) is 11.8 Å². The summed E-state index contributed by atoms with van der Waals surface area (Å²) in [6.45, 7) is 10.1. The van der Waals surface area contributed by atoms with Crippen LogP contribution >= 0.6 is 0 Å². The minimum Gasteiger partial charge on any atom is -0.352 e. The zero-order chi connectivity index (χ0) is 29.6. The Morgan fingerprint density at radius 2 is 1.55 bits per heavy atom. The second-order valence-corrected chi connectivity index (χ2v) is 12.1. The van der Waals surface area contributed by atoms with Gasteiger partial charge in [0.05, 0.1) is 10.6 Å². The Balaban J connectivity index is 2.07. The molecule has 0 radical (unpaired) electrons. The van der Waals surface area contributed by atoms with Crippen LogP contribution in [0.4, 0.5) is 10.1 Å². The van der Waals surface area contributed by atoms with Crippen LogP contribution in [0.2, 0.25) is 0 Å². The van der Waals surface area contributed by atoms with Crippen molar-refractivity contribution in [2.24, 2.45) is 0 Å². The maximum atomic E-state index is 14.7. The zero-order valence-corrected chi connectivity index (χ0v) is 24.8. The van der Waals surface area contributed by atoms with Crippen LogP contribution in [-0.2, 0) is 26.2 Å². The SMILES string of the molecule is CC[C@H](C)NC(=O)[C@@H](C)N(Cc1ccccc1F)C(=O)CN(c1ccc(C)cc1C)S(=O)(=O)c1ccc(C)cc1. The quantitative estimate of drug-likeness (QED) is 0.342. The molecule has 0 aliphatic heterocycles. The van der Waals surface area contributed by atoms with Crippen LogP contribution < -0.4 is 9.62 Å². The van der Waals surface area contributed by atoms with E-state index in [9.17, 15) is 22.4 Å². The number of amides is 2. The number of carbonyl (C=O) groups is 2. The average molecular weight is 568 g/mol. The molecule has 40 heavy (non-hydrogen) atoms. The maximum absolute atomic E-state index is 14.7. The maximum Gasteiger partial charge on any atom is 0.264 e. The number of hydrogen-bond acceptors (Lipinski definition) is 4. The van der Waals surface area contributed by atoms with Crippen LogP contribution in [0.3, 0.4) is 0 Å². The molecule has 2 atom stereocenters. The van der Waals surface area contributed by atoms with Crippen molar-refractivity contribution in [2.45, 2.75) is 71.5 Å². The Kier molecular flexibility index (Phi) is 10.1. The summed E-state index contributed by atoms with van der Waals surface area (Å²) in [5.74, 6) is -1.56. The Labute approximate surface area is 237 Å². The lowest BCUT2D eigenvalue weighted by molar-refractivity contribution is -0.139. The third-order valence-corrected chi connectivity index (χ3v) is 8.75. The van der Waals surface area contributed by atoms with Gasteiger partial charge < -0.3 is 10.2 Å². The van der Waals surface area contributed by atoms with Crippen molar-refractivity contribution >= 4 is 27.5 Å². The average Bonchev–Trinajstić information content (AvgIpc) is 2.91. The predicted octanol–water partition coefficient (Wildman–Crippen LogP) is 5.28. The predicted molar refractivity (Wildman–Crippen MR) is 156 cm³/mol. The van der Waals surface area contributed by atoms with Crippen molar-refractivity contribution in [3.05, 3.63) is 94.8 Å². The molecule has 0 spiro atoms. The highest BCUT2D eigenvalue weighted by Crippen LogP contribution is 2.28. The second kappa shape index (κ2) is 13.1. The first-order valence-corrected chi connectivity index (χ1v) is 14.8. The van der Waals surface area contributed by atoms with Crippen molar-refractivity contribution in [2.75, 3.05) is 10.8 Å². The van der Waals surface area contributed by atoms with Crippen molar-refractivity contribution in [3.8, 4) is 0 Å². The topological polar surface area (TPSA) is 86.8 Å². The number of nitrogens with zero attached hydrogens (tertiary/aromatic N) is 2. The summed E-state index contributed by atoms with van der Waals surface area (Å²) in [4.78, 5) is 28.3. The summed E-state index contributed by atoms with van der Waals surface area (Å²) < 4.78 is 43.6. The smallest absolute Gasteiger partial charge is 0.264 e. The van der Waals surface area contributed by atoms with Crippen LogP contribution in [0.25, 0.3) is 0 Å². The lowest BCUT2D eigenvalue weighted by Gasteiger charge is -2.33. The molecule has 2 amide bonds. The summed E-state index contributed by atoms with van der Waals surface area (Å²) in [6, 6.07) is 16.6. The van der Waals surface area contributed by atoms with Crippen LogP contribution in [0.15, 0.2) is 71.6 Å². The van der Waals surface area contributed by atoms with E-state index in [1.54, 1.807) is 56.3 Å². The van der Waals surface area contributed by atoms with E-state index in [2.05, 4.69) is 5.32 Å². The molecule has 0 aliphatic carbocycles. The molecule has 9 heteroatoms. The molecular weight excluding hydrogens is 529 g/mol. The molecule has 214 valence electrons. The normalized spacial score (nSPS) is 12.9. The standard InChI is InChI=1S/C31H38FN3O4S/c1-7-24(5)33-31(37)25(6)34(19-26-10-8-9-11-28(26)32)30(36)20-35(29-17-14-22(3)18-23(29)4)40(38,39)27-15-12-21(2)13-16-27/h8-18,24-25H,7,19-20H2,1-6H3,(H,33,37)/t24-,25+/m0/s1. The highest BCUT2D eigenvalue weighted by atomic mass is 32.2. The first-order chi connectivity index (χ1) is 18.8. The number of aryl methyl sites for hydroxylation is 3. The van der Waals surface area contributed by atoms with Gasteiger partial charge in [0.15, 0.2) is 0 Å². The molecule has 0 unspecified atom stereocenters. The molecule has 3 aromatic carbocycles. The molecule has 0 aliphatic rings. The van der Waals surface area contributed by atoms with Gasteiger partial charge in [0.25, 0.3) is 10.0 Å². The first-order valence-electron chi connectivity index (χ1n) is 13.3. The van der Waals surface area contributed by atoms with Crippen molar-refractivity contribution < 1.29 is 22.4 Å². The van der Waals surface area contributed by atoms with Gasteiger partial charge in [-0.15, -0.1) is 0 Å². The molecule has 0 bridgehead atoms. The molecule has 1 N–H and O–H groups in total. The van der Waals surface area contributed by atoms with E-state index in [1.807, 2.05) is 33.8 Å². The third kappa shape index (κ3) is 7.27. The monoisotopic (exact) mass is 567 g/mol. The van der Waals surface area contributed by atoms with E-state index >= 15 is 0 Å². The summed E-state index contributed by atoms with van der Waals surface area (Å²) in [6.07, 6.45) is 0.689. The fraction of sp³-hybridized carbons (Fsp3) is 0.355. The summed E-state index contributed by atoms with van der Waals surface area (Å²) in [7, 11) is -4.17. The second-order valence-electron chi connectivity index (χ2n) is 10.2. The number of anilines is 1. The van der Waals surface area contributed by atoms with Crippen LogP contribution in [-0.4, -0.2) is 43.8 Å². The van der Waals surface area contributed by atoms with E-state index in [0.29, 0.717) is 17.7 Å². The van der Waals surface area contributed by atoms with E-state index < -0.39 is 40.2 Å². The Morgan fingerprint density at radius 1 is 0.925 bits per heavy atom. The van der Waals surface area contributed by atoms with Gasteiger partial charge >= 0.3 is 0 Å². The van der Waals surface area contributed by atoms with Gasteiger partial charge in [-0.2, -0.15) is 0 Å². The number of carbonyl (C=O) groups excluding carboxylic acids is 2. The number of sulfonamides is 1. The van der Waals surface area contributed by atoms with Crippen LogP contribution in [0.1, 0.15) is 49.4 Å². The van der Waals surface area contributed by atoms with Crippen molar-refractivity contribution in [1.82, 2.24) is 10.2 Å². The van der Waals surface area contributed by atoms with E-state index in [4.69, 9.17) is 0 Å². The molecule has 0 heterocycles. The molecular formula is C31H38FN3O4S. The largest absolute Gasteiger partial charge is 0.352 e. The molecule has 3 aromatic rings. The van der Waals surface area contributed by atoms with Crippen molar-refractivity contribution in [1.29, 1.82) is 0 Å². The fourth-order valence-electron chi connectivity index (χ4n) is 4.29. The summed E-state index contributed by atoms with van der Waals surface area (Å²) in [5.41, 5.74) is 3.08. The van der Waals surface area contributed by atoms with E-state index in [-0.39, 0.29) is 23.0 Å². The molecule has 0 aromatic heterocycles. The van der Waals surface area contributed by atoms with Gasteiger partial charge in [-0.1, -0.05) is 60.5 Å². The van der Waals surface area contributed by atoms with Gasteiger partial charge in [0.1, 0.15) is 18.4 Å². The molecule has 7 nitrogen and oxygen atoms in total. The van der Waals surface area contributed by atoms with Gasteiger partial charge in [-0.25, -0.2) is 12.8 Å². The van der Waals surface area contributed by atoms with E-state index in [1.165, 1.54) is 23.1 Å². The third-order valence-electron chi connectivity index (χ3n) is 6.98. The molecule has 0 saturated carbocycles. The fourth-order valence-corrected chi connectivity index (χ4v) is 5.77. The minimum atomic E-state index is -4.17. The Morgan fingerprint density at radius 3 is 2.15 bits per heavy atom. The number of benzene rings is 3. The van der Waals surface area contributed by atoms with Gasteiger partial charge in [-0.3, -0.25) is 13.9 Å². The number of rotatable bonds is 11. The summed E-state index contributed by atoms with van der Waals surface area (Å²) in [5, 5.41) is 2.87. The lowest BCUT2D eigenvalue weighted by Crippen LogP contribution is -2.52. The highest BCUT2D eigenvalue weighted by molar-refractivity contribution is 7.92. The first kappa shape index (κ1) is 30.8. The zero-order valence-electron chi connectivity index (χ0n) is 23.9. The number of nitrogens with one attached hydrogen (secondary N) is 1. The van der Waals surface area contributed by atoms with Crippen LogP contribution in [0, 0.1) is 26.6 Å². The highest BCUT2D eigenvalue weighted by Gasteiger charge is 2.33. The Hall–Kier alpha value is -3.72.